The number of quaternary nitrogens is 1. The van der Waals surface area contributed by atoms with Crippen LogP contribution in [0.4, 0.5) is 4.39 Å². The number of hydrogen-bond acceptors (Lipinski definition) is 4. The van der Waals surface area contributed by atoms with E-state index in [0.717, 1.165) is 10.5 Å². The van der Waals surface area contributed by atoms with E-state index < -0.39 is 23.5 Å². The molecule has 2 N–H and O–H groups in total. The lowest BCUT2D eigenvalue weighted by atomic mass is 9.94. The fourth-order valence-corrected chi connectivity index (χ4v) is 3.74. The van der Waals surface area contributed by atoms with Crippen LogP contribution < -0.4 is 9.64 Å². The number of likely N-dealkylation sites (N-methyl/N-ethyl adjacent to an activating group) is 1. The van der Waals surface area contributed by atoms with E-state index in [9.17, 15) is 19.1 Å². The molecule has 0 saturated carbocycles. The molecule has 1 saturated heterocycles. The molecule has 1 fully saturated rings. The summed E-state index contributed by atoms with van der Waals surface area (Å²) in [4.78, 5) is 28.2. The van der Waals surface area contributed by atoms with Crippen molar-refractivity contribution in [3.8, 4) is 5.75 Å². The van der Waals surface area contributed by atoms with Gasteiger partial charge in [-0.3, -0.25) is 9.59 Å². The number of carbonyl (C=O) groups excluding carboxylic acids is 2. The van der Waals surface area contributed by atoms with Crippen molar-refractivity contribution in [2.45, 2.75) is 19.9 Å². The second kappa shape index (κ2) is 9.31. The number of halogens is 1. The van der Waals surface area contributed by atoms with Crippen molar-refractivity contribution in [3.63, 3.8) is 0 Å². The Labute approximate surface area is 181 Å². The average molecular weight is 427 g/mol. The minimum atomic E-state index is -0.993. The van der Waals surface area contributed by atoms with Crippen LogP contribution in [-0.4, -0.2) is 55.5 Å². The molecule has 0 radical (unpaired) electrons. The number of likely N-dealkylation sites (tertiary alicyclic amines) is 1. The number of ketones is 1. The molecule has 0 aromatic heterocycles. The molecule has 1 aliphatic heterocycles. The second-order valence-electron chi connectivity index (χ2n) is 7.88. The third-order valence-corrected chi connectivity index (χ3v) is 5.34. The minimum Gasteiger partial charge on any atom is -0.507 e. The average Bonchev–Trinajstić information content (AvgIpc) is 2.98. The summed E-state index contributed by atoms with van der Waals surface area (Å²) in [6.07, 6.45) is 0. The Kier molecular flexibility index (Phi) is 6.75. The van der Waals surface area contributed by atoms with Crippen LogP contribution in [0.5, 0.6) is 5.75 Å². The van der Waals surface area contributed by atoms with Gasteiger partial charge in [-0.25, -0.2) is 4.39 Å². The fraction of sp³-hybridized carbons (Fsp3) is 0.333. The van der Waals surface area contributed by atoms with Gasteiger partial charge in [-0.1, -0.05) is 18.2 Å². The lowest BCUT2D eigenvalue weighted by Crippen LogP contribution is -3.06. The monoisotopic (exact) mass is 427 g/mol. The van der Waals surface area contributed by atoms with Crippen LogP contribution in [0.25, 0.3) is 5.76 Å². The fourth-order valence-electron chi connectivity index (χ4n) is 3.74. The lowest BCUT2D eigenvalue weighted by molar-refractivity contribution is -0.857. The first-order valence-corrected chi connectivity index (χ1v) is 10.3. The molecule has 1 atom stereocenters. The van der Waals surface area contributed by atoms with E-state index in [0.29, 0.717) is 24.5 Å². The first-order valence-electron chi connectivity index (χ1n) is 10.3. The van der Waals surface area contributed by atoms with Gasteiger partial charge in [-0.15, -0.1) is 0 Å². The van der Waals surface area contributed by atoms with Crippen LogP contribution in [0.1, 0.15) is 29.7 Å². The molecule has 2 aromatic rings. The number of Topliss-reactive ketones (excluding diaryl/α,β-unsaturated/α-hetero) is 1. The van der Waals surface area contributed by atoms with Crippen LogP contribution in [-0.2, 0) is 9.59 Å². The van der Waals surface area contributed by atoms with Crippen LogP contribution >= 0.6 is 0 Å². The van der Waals surface area contributed by atoms with E-state index in [1.165, 1.54) is 17.0 Å². The standard InChI is InChI=1S/C24H27FN2O4/c1-5-31-19-11-10-16(14-15(19)2)22(28)20-21(17-8-6-7-9-18(17)25)27(13-12-26(3)4)24(30)23(20)29/h6-11,14,21,28H,5,12-13H2,1-4H3/p+1. The van der Waals surface area contributed by atoms with E-state index in [2.05, 4.69) is 0 Å². The maximum absolute atomic E-state index is 14.7. The molecule has 3 rings (SSSR count). The third-order valence-electron chi connectivity index (χ3n) is 5.34. The molecule has 1 aliphatic rings. The highest BCUT2D eigenvalue weighted by Crippen LogP contribution is 2.40. The van der Waals surface area contributed by atoms with E-state index in [-0.39, 0.29) is 23.4 Å². The summed E-state index contributed by atoms with van der Waals surface area (Å²) in [5.41, 5.74) is 1.23. The van der Waals surface area contributed by atoms with Gasteiger partial charge in [0.1, 0.15) is 17.3 Å². The molecule has 2 aromatic carbocycles. The number of benzene rings is 2. The van der Waals surface area contributed by atoms with Crippen LogP contribution in [0, 0.1) is 12.7 Å². The van der Waals surface area contributed by atoms with Crippen LogP contribution in [0.15, 0.2) is 48.0 Å². The second-order valence-corrected chi connectivity index (χ2v) is 7.88. The smallest absolute Gasteiger partial charge is 0.295 e. The van der Waals surface area contributed by atoms with Gasteiger partial charge >= 0.3 is 0 Å². The van der Waals surface area contributed by atoms with Crippen molar-refractivity contribution in [2.75, 3.05) is 33.8 Å². The molecule has 0 aliphatic carbocycles. The third kappa shape index (κ3) is 4.46. The van der Waals surface area contributed by atoms with E-state index >= 15 is 0 Å². The van der Waals surface area contributed by atoms with Crippen molar-refractivity contribution in [3.05, 3.63) is 70.5 Å². The summed E-state index contributed by atoms with van der Waals surface area (Å²) < 4.78 is 20.3. The van der Waals surface area contributed by atoms with E-state index in [1.807, 2.05) is 27.9 Å². The van der Waals surface area contributed by atoms with Gasteiger partial charge in [0.15, 0.2) is 0 Å². The number of aliphatic hydroxyl groups excluding tert-OH is 1. The zero-order valence-electron chi connectivity index (χ0n) is 18.2. The Balaban J connectivity index is 2.15. The number of ether oxygens (including phenoxy) is 1. The highest BCUT2D eigenvalue weighted by atomic mass is 19.1. The summed E-state index contributed by atoms with van der Waals surface area (Å²) in [5.74, 6) is -1.74. The van der Waals surface area contributed by atoms with E-state index in [1.54, 1.807) is 30.3 Å². The number of carbonyl (C=O) groups is 2. The van der Waals surface area contributed by atoms with Gasteiger partial charge in [0, 0.05) is 11.1 Å². The van der Waals surface area contributed by atoms with Crippen molar-refractivity contribution < 1.29 is 28.7 Å². The number of hydrogen-bond donors (Lipinski definition) is 2. The first-order chi connectivity index (χ1) is 14.8. The largest absolute Gasteiger partial charge is 0.507 e. The topological polar surface area (TPSA) is 71.3 Å². The number of rotatable bonds is 7. The van der Waals surface area contributed by atoms with Gasteiger partial charge in [0.25, 0.3) is 11.7 Å². The molecule has 1 heterocycles. The number of aryl methyl sites for hydroxylation is 1. The maximum Gasteiger partial charge on any atom is 0.295 e. The summed E-state index contributed by atoms with van der Waals surface area (Å²) in [6, 6.07) is 10.1. The highest BCUT2D eigenvalue weighted by Gasteiger charge is 2.47. The molecule has 31 heavy (non-hydrogen) atoms. The summed E-state index contributed by atoms with van der Waals surface area (Å²) in [6.45, 7) is 5.02. The lowest BCUT2D eigenvalue weighted by Gasteiger charge is -2.26. The zero-order valence-corrected chi connectivity index (χ0v) is 18.2. The Bertz CT molecular complexity index is 1030. The highest BCUT2D eigenvalue weighted by molar-refractivity contribution is 6.46. The van der Waals surface area contributed by atoms with Gasteiger partial charge in [0.05, 0.1) is 45.4 Å². The Morgan fingerprint density at radius 1 is 1.19 bits per heavy atom. The number of aliphatic hydroxyl groups is 1. The van der Waals surface area contributed by atoms with Crippen molar-refractivity contribution in [2.24, 2.45) is 0 Å². The maximum atomic E-state index is 14.7. The van der Waals surface area contributed by atoms with Crippen molar-refractivity contribution in [1.29, 1.82) is 0 Å². The van der Waals surface area contributed by atoms with E-state index in [4.69, 9.17) is 4.74 Å². The SMILES string of the molecule is CCOc1ccc(C(O)=C2C(=O)C(=O)N(CC[NH+](C)C)C2c2ccccc2F)cc1C. The summed E-state index contributed by atoms with van der Waals surface area (Å²) >= 11 is 0. The molecular weight excluding hydrogens is 399 g/mol. The quantitative estimate of drug-likeness (QED) is 0.403. The molecule has 1 amide bonds. The number of nitrogens with one attached hydrogen (secondary N) is 1. The summed E-state index contributed by atoms with van der Waals surface area (Å²) in [7, 11) is 3.86. The molecule has 7 heteroatoms. The summed E-state index contributed by atoms with van der Waals surface area (Å²) in [5, 5.41) is 11.1. The van der Waals surface area contributed by atoms with Crippen molar-refractivity contribution >= 4 is 17.4 Å². The van der Waals surface area contributed by atoms with Crippen LogP contribution in [0.3, 0.4) is 0 Å². The zero-order chi connectivity index (χ0) is 22.7. The number of amides is 1. The normalized spacial score (nSPS) is 18.1. The van der Waals surface area contributed by atoms with Gasteiger partial charge in [-0.2, -0.15) is 0 Å². The van der Waals surface area contributed by atoms with Gasteiger partial charge < -0.3 is 19.6 Å². The molecule has 1 unspecified atom stereocenters. The van der Waals surface area contributed by atoms with Gasteiger partial charge in [-0.05, 0) is 43.7 Å². The van der Waals surface area contributed by atoms with Crippen molar-refractivity contribution in [1.82, 2.24) is 4.90 Å². The molecule has 0 spiro atoms. The first kappa shape index (κ1) is 22.5. The Morgan fingerprint density at radius 3 is 2.52 bits per heavy atom. The Morgan fingerprint density at radius 2 is 1.90 bits per heavy atom. The van der Waals surface area contributed by atoms with Crippen LogP contribution in [0.2, 0.25) is 0 Å². The Hall–Kier alpha value is -3.19. The molecule has 0 bridgehead atoms. The predicted molar refractivity (Wildman–Crippen MR) is 115 cm³/mol. The molecule has 6 nitrogen and oxygen atoms in total. The number of nitrogens with zero attached hydrogens (tertiary/aromatic N) is 1. The van der Waals surface area contributed by atoms with Gasteiger partial charge in [0.2, 0.25) is 0 Å². The molecule has 164 valence electrons. The molecular formula is C24H28FN2O4+. The predicted octanol–water partition coefficient (Wildman–Crippen LogP) is 2.10. The minimum absolute atomic E-state index is 0.104.